The van der Waals surface area contributed by atoms with E-state index in [1.54, 1.807) is 0 Å². The highest BCUT2D eigenvalue weighted by atomic mass is 15.2. The lowest BCUT2D eigenvalue weighted by atomic mass is 9.74. The Balaban J connectivity index is 0.000000671. The Labute approximate surface area is 84.5 Å². The van der Waals surface area contributed by atoms with Crippen molar-refractivity contribution in [3.63, 3.8) is 0 Å². The van der Waals surface area contributed by atoms with Crippen LogP contribution in [-0.4, -0.2) is 24.5 Å². The lowest BCUT2D eigenvalue weighted by molar-refractivity contribution is -0.00600. The van der Waals surface area contributed by atoms with Gasteiger partial charge in [-0.1, -0.05) is 41.0 Å². The van der Waals surface area contributed by atoms with Crippen LogP contribution in [0.5, 0.6) is 0 Å². The molecule has 0 spiro atoms. The van der Waals surface area contributed by atoms with Crippen LogP contribution in [0.2, 0.25) is 0 Å². The van der Waals surface area contributed by atoms with Crippen molar-refractivity contribution in [1.82, 2.24) is 4.90 Å². The van der Waals surface area contributed by atoms with Crippen LogP contribution in [0.4, 0.5) is 0 Å². The summed E-state index contributed by atoms with van der Waals surface area (Å²) in [6, 6.07) is 0. The van der Waals surface area contributed by atoms with Gasteiger partial charge in [-0.05, 0) is 24.8 Å². The van der Waals surface area contributed by atoms with Crippen molar-refractivity contribution >= 4 is 0 Å². The van der Waals surface area contributed by atoms with Crippen molar-refractivity contribution in [2.24, 2.45) is 5.41 Å². The van der Waals surface area contributed by atoms with Gasteiger partial charge in [0, 0.05) is 13.1 Å². The molecule has 13 heavy (non-hydrogen) atoms. The molecule has 0 aromatic rings. The third-order valence-corrected chi connectivity index (χ3v) is 3.10. The minimum atomic E-state index is 0.713. The lowest BCUT2D eigenvalue weighted by Crippen LogP contribution is -2.55. The second kappa shape index (κ2) is 6.42. The molecule has 0 aromatic heterocycles. The molecule has 0 N–H and O–H groups in total. The van der Waals surface area contributed by atoms with E-state index in [0.717, 1.165) is 0 Å². The summed E-state index contributed by atoms with van der Waals surface area (Å²) >= 11 is 0. The minimum Gasteiger partial charge on any atom is -0.302 e. The molecule has 1 fully saturated rings. The fourth-order valence-corrected chi connectivity index (χ4v) is 2.21. The molecule has 0 aliphatic carbocycles. The third-order valence-electron chi connectivity index (χ3n) is 3.10. The second-order valence-electron chi connectivity index (χ2n) is 3.91. The Hall–Kier alpha value is -0.0400. The number of rotatable bonds is 4. The monoisotopic (exact) mass is 185 g/mol. The summed E-state index contributed by atoms with van der Waals surface area (Å²) < 4.78 is 0. The number of hydrogen-bond donors (Lipinski definition) is 0. The molecule has 0 amide bonds. The molecule has 0 bridgehead atoms. The van der Waals surface area contributed by atoms with Crippen LogP contribution >= 0.6 is 0 Å². The second-order valence-corrected chi connectivity index (χ2v) is 3.91. The first-order valence-corrected chi connectivity index (χ1v) is 5.98. The van der Waals surface area contributed by atoms with E-state index >= 15 is 0 Å². The summed E-state index contributed by atoms with van der Waals surface area (Å²) in [6.07, 6.45) is 4.16. The number of nitrogens with zero attached hydrogens (tertiary/aromatic N) is 1. The van der Waals surface area contributed by atoms with Crippen LogP contribution < -0.4 is 0 Å². The number of likely N-dealkylation sites (tertiary alicyclic amines) is 1. The fourth-order valence-electron chi connectivity index (χ4n) is 2.21. The molecule has 0 saturated carbocycles. The van der Waals surface area contributed by atoms with E-state index in [4.69, 9.17) is 0 Å². The molecule has 1 saturated heterocycles. The van der Waals surface area contributed by atoms with Crippen molar-refractivity contribution in [3.05, 3.63) is 0 Å². The lowest BCUT2D eigenvalue weighted by Gasteiger charge is -2.50. The number of hydrogen-bond acceptors (Lipinski definition) is 1. The summed E-state index contributed by atoms with van der Waals surface area (Å²) in [5.41, 5.74) is 0.713. The zero-order valence-electron chi connectivity index (χ0n) is 10.2. The van der Waals surface area contributed by atoms with Crippen LogP contribution in [0.15, 0.2) is 0 Å². The Morgan fingerprint density at radius 1 is 1.08 bits per heavy atom. The molecule has 1 aliphatic rings. The summed E-state index contributed by atoms with van der Waals surface area (Å²) in [5, 5.41) is 0. The maximum atomic E-state index is 2.54. The summed E-state index contributed by atoms with van der Waals surface area (Å²) in [4.78, 5) is 2.54. The largest absolute Gasteiger partial charge is 0.302 e. The summed E-state index contributed by atoms with van der Waals surface area (Å²) in [6.45, 7) is 14.8. The van der Waals surface area contributed by atoms with E-state index in [1.807, 2.05) is 13.8 Å². The highest BCUT2D eigenvalue weighted by Gasteiger charge is 2.39. The predicted molar refractivity (Wildman–Crippen MR) is 61.1 cm³/mol. The maximum Gasteiger partial charge on any atom is 0.00503 e. The first-order chi connectivity index (χ1) is 6.26. The first kappa shape index (κ1) is 13.0. The molecule has 1 aliphatic heterocycles. The van der Waals surface area contributed by atoms with Gasteiger partial charge in [-0.25, -0.2) is 0 Å². The topological polar surface area (TPSA) is 3.24 Å². The van der Waals surface area contributed by atoms with Gasteiger partial charge in [-0.2, -0.15) is 0 Å². The van der Waals surface area contributed by atoms with Gasteiger partial charge in [0.05, 0.1) is 0 Å². The molecule has 80 valence electrons. The van der Waals surface area contributed by atoms with Crippen LogP contribution in [0.3, 0.4) is 0 Å². The maximum absolute atomic E-state index is 2.54. The molecule has 1 rings (SSSR count). The quantitative estimate of drug-likeness (QED) is 0.647. The third kappa shape index (κ3) is 3.30. The first-order valence-electron chi connectivity index (χ1n) is 5.98. The highest BCUT2D eigenvalue weighted by Crippen LogP contribution is 2.37. The van der Waals surface area contributed by atoms with Crippen molar-refractivity contribution in [1.29, 1.82) is 0 Å². The van der Waals surface area contributed by atoms with Crippen LogP contribution in [0.25, 0.3) is 0 Å². The molecule has 0 atom stereocenters. The summed E-state index contributed by atoms with van der Waals surface area (Å²) in [7, 11) is 0. The van der Waals surface area contributed by atoms with E-state index in [2.05, 4.69) is 25.7 Å². The van der Waals surface area contributed by atoms with Crippen molar-refractivity contribution < 1.29 is 0 Å². The Kier molecular flexibility index (Phi) is 6.40. The Morgan fingerprint density at radius 2 is 1.62 bits per heavy atom. The van der Waals surface area contributed by atoms with E-state index in [0.29, 0.717) is 5.41 Å². The Morgan fingerprint density at radius 3 is 1.92 bits per heavy atom. The van der Waals surface area contributed by atoms with Crippen molar-refractivity contribution in [2.75, 3.05) is 19.6 Å². The van der Waals surface area contributed by atoms with Crippen molar-refractivity contribution in [2.45, 2.75) is 53.9 Å². The standard InChI is InChI=1S/C10H21N.C2H6/c1-4-7-10(5-2)8-11(6-3)9-10;1-2/h4-9H2,1-3H3;1-2H3. The molecule has 1 heterocycles. The highest BCUT2D eigenvalue weighted by molar-refractivity contribution is 4.92. The van der Waals surface area contributed by atoms with Crippen LogP contribution in [0.1, 0.15) is 53.9 Å². The normalized spacial score (nSPS) is 20.1. The van der Waals surface area contributed by atoms with Gasteiger partial charge >= 0.3 is 0 Å². The van der Waals surface area contributed by atoms with Gasteiger partial charge in [-0.3, -0.25) is 0 Å². The predicted octanol–water partition coefficient (Wildman–Crippen LogP) is 3.54. The molecule has 0 aromatic carbocycles. The van der Waals surface area contributed by atoms with E-state index in [1.165, 1.54) is 38.9 Å². The average molecular weight is 185 g/mol. The molecule has 1 heteroatoms. The average Bonchev–Trinajstić information content (AvgIpc) is 2.14. The SMILES string of the molecule is CC.CCCC1(CC)CN(CC)C1. The van der Waals surface area contributed by atoms with Crippen LogP contribution in [-0.2, 0) is 0 Å². The molecular formula is C12H27N. The molecule has 0 unspecified atom stereocenters. The van der Waals surface area contributed by atoms with Gasteiger partial charge in [0.15, 0.2) is 0 Å². The minimum absolute atomic E-state index is 0.713. The van der Waals surface area contributed by atoms with E-state index in [9.17, 15) is 0 Å². The Bertz CT molecular complexity index is 114. The van der Waals surface area contributed by atoms with Crippen LogP contribution in [0, 0.1) is 5.41 Å². The smallest absolute Gasteiger partial charge is 0.00503 e. The van der Waals surface area contributed by atoms with Gasteiger partial charge in [0.25, 0.3) is 0 Å². The van der Waals surface area contributed by atoms with E-state index in [-0.39, 0.29) is 0 Å². The summed E-state index contributed by atoms with van der Waals surface area (Å²) in [5.74, 6) is 0. The van der Waals surface area contributed by atoms with Gasteiger partial charge < -0.3 is 4.90 Å². The van der Waals surface area contributed by atoms with E-state index < -0.39 is 0 Å². The molecule has 1 nitrogen and oxygen atoms in total. The molecule has 0 radical (unpaired) electrons. The zero-order valence-corrected chi connectivity index (χ0v) is 10.2. The zero-order chi connectivity index (χ0) is 10.3. The van der Waals surface area contributed by atoms with Gasteiger partial charge in [0.2, 0.25) is 0 Å². The molecular weight excluding hydrogens is 158 g/mol. The fraction of sp³-hybridized carbons (Fsp3) is 1.00. The van der Waals surface area contributed by atoms with Gasteiger partial charge in [-0.15, -0.1) is 0 Å². The van der Waals surface area contributed by atoms with Gasteiger partial charge in [0.1, 0.15) is 0 Å². The van der Waals surface area contributed by atoms with Crippen molar-refractivity contribution in [3.8, 4) is 0 Å².